The Morgan fingerprint density at radius 3 is 3.06 bits per heavy atom. The zero-order valence-electron chi connectivity index (χ0n) is 9.96. The zero-order valence-corrected chi connectivity index (χ0v) is 9.96. The molecule has 6 heteroatoms. The molecule has 0 bridgehead atoms. The van der Waals surface area contributed by atoms with Gasteiger partial charge in [-0.05, 0) is 31.5 Å². The fourth-order valence-corrected chi connectivity index (χ4v) is 2.27. The fraction of sp³-hybridized carbons (Fsp3) is 0.417. The van der Waals surface area contributed by atoms with E-state index in [4.69, 9.17) is 9.84 Å². The third-order valence-electron chi connectivity index (χ3n) is 3.40. The smallest absolute Gasteiger partial charge is 0.335 e. The minimum absolute atomic E-state index is 0.244. The maximum atomic E-state index is 11.0. The molecule has 94 valence electrons. The lowest BCUT2D eigenvalue weighted by molar-refractivity contribution is 0.0697. The lowest BCUT2D eigenvalue weighted by atomic mass is 10.0. The lowest BCUT2D eigenvalue weighted by Gasteiger charge is -2.22. The third-order valence-corrected chi connectivity index (χ3v) is 3.40. The van der Waals surface area contributed by atoms with Gasteiger partial charge in [0, 0.05) is 6.61 Å². The predicted molar refractivity (Wildman–Crippen MR) is 63.6 cm³/mol. The van der Waals surface area contributed by atoms with E-state index in [2.05, 4.69) is 10.3 Å². The number of carbonyl (C=O) groups is 1. The Bertz CT molecular complexity index is 614. The highest BCUT2D eigenvalue weighted by molar-refractivity contribution is 5.92. The minimum Gasteiger partial charge on any atom is -0.478 e. The normalized spacial score (nSPS) is 23.6. The van der Waals surface area contributed by atoms with Crippen molar-refractivity contribution in [2.45, 2.75) is 18.9 Å². The number of nitrogens with zero attached hydrogens (tertiary/aromatic N) is 3. The highest BCUT2D eigenvalue weighted by Crippen LogP contribution is 2.29. The second kappa shape index (κ2) is 3.78. The van der Waals surface area contributed by atoms with Crippen LogP contribution >= 0.6 is 0 Å². The Morgan fingerprint density at radius 1 is 1.56 bits per heavy atom. The van der Waals surface area contributed by atoms with E-state index in [0.29, 0.717) is 18.7 Å². The van der Waals surface area contributed by atoms with Crippen LogP contribution in [0.3, 0.4) is 0 Å². The Morgan fingerprint density at radius 2 is 2.39 bits per heavy atom. The number of fused-ring (bicyclic) bond motifs is 1. The van der Waals surface area contributed by atoms with E-state index >= 15 is 0 Å². The van der Waals surface area contributed by atoms with Crippen molar-refractivity contribution in [2.24, 2.45) is 0 Å². The van der Waals surface area contributed by atoms with Gasteiger partial charge in [0.15, 0.2) is 0 Å². The van der Waals surface area contributed by atoms with Crippen molar-refractivity contribution < 1.29 is 14.6 Å². The quantitative estimate of drug-likeness (QED) is 0.864. The van der Waals surface area contributed by atoms with Crippen molar-refractivity contribution in [1.29, 1.82) is 0 Å². The van der Waals surface area contributed by atoms with Crippen LogP contribution in [0.1, 0.15) is 23.7 Å². The first-order valence-electron chi connectivity index (χ1n) is 5.77. The third kappa shape index (κ3) is 1.57. The lowest BCUT2D eigenvalue weighted by Crippen LogP contribution is -2.31. The second-order valence-electron chi connectivity index (χ2n) is 4.81. The molecule has 1 aliphatic heterocycles. The van der Waals surface area contributed by atoms with Crippen LogP contribution in [0.15, 0.2) is 18.2 Å². The summed E-state index contributed by atoms with van der Waals surface area (Å²) < 4.78 is 7.19. The van der Waals surface area contributed by atoms with E-state index in [1.165, 1.54) is 6.07 Å². The van der Waals surface area contributed by atoms with Crippen molar-refractivity contribution in [3.05, 3.63) is 23.8 Å². The summed E-state index contributed by atoms with van der Waals surface area (Å²) in [5, 5.41) is 17.2. The molecule has 1 unspecified atom stereocenters. The zero-order chi connectivity index (χ0) is 12.8. The first-order chi connectivity index (χ1) is 8.60. The standard InChI is InChI=1S/C12H13N3O3/c1-12(4-5-18-7-12)15-10-6-8(11(16)17)2-3-9(10)13-14-15/h2-3,6H,4-5,7H2,1H3,(H,16,17). The molecule has 0 spiro atoms. The van der Waals surface area contributed by atoms with E-state index < -0.39 is 5.97 Å². The highest BCUT2D eigenvalue weighted by atomic mass is 16.5. The summed E-state index contributed by atoms with van der Waals surface area (Å²) in [5.74, 6) is -0.947. The van der Waals surface area contributed by atoms with Gasteiger partial charge >= 0.3 is 5.97 Å². The van der Waals surface area contributed by atoms with Crippen LogP contribution in [-0.2, 0) is 10.3 Å². The number of carboxylic acids is 1. The molecule has 1 aromatic carbocycles. The van der Waals surface area contributed by atoms with Gasteiger partial charge in [-0.15, -0.1) is 5.10 Å². The van der Waals surface area contributed by atoms with Gasteiger partial charge in [0.2, 0.25) is 0 Å². The van der Waals surface area contributed by atoms with Crippen molar-refractivity contribution in [3.63, 3.8) is 0 Å². The maximum Gasteiger partial charge on any atom is 0.335 e. The van der Waals surface area contributed by atoms with E-state index in [0.717, 1.165) is 11.9 Å². The van der Waals surface area contributed by atoms with E-state index in [9.17, 15) is 4.79 Å². The SMILES string of the molecule is CC1(n2nnc3ccc(C(=O)O)cc32)CCOC1. The van der Waals surface area contributed by atoms with Crippen LogP contribution in [-0.4, -0.2) is 39.3 Å². The van der Waals surface area contributed by atoms with Gasteiger partial charge in [-0.25, -0.2) is 9.48 Å². The van der Waals surface area contributed by atoms with Crippen molar-refractivity contribution in [3.8, 4) is 0 Å². The van der Waals surface area contributed by atoms with Crippen LogP contribution in [0.2, 0.25) is 0 Å². The first kappa shape index (κ1) is 11.2. The van der Waals surface area contributed by atoms with Gasteiger partial charge in [0.1, 0.15) is 5.52 Å². The molecule has 1 atom stereocenters. The molecule has 1 fully saturated rings. The van der Waals surface area contributed by atoms with Gasteiger partial charge in [0.25, 0.3) is 0 Å². The Hall–Kier alpha value is -1.95. The molecule has 0 saturated carbocycles. The number of ether oxygens (including phenoxy) is 1. The molecule has 1 aliphatic rings. The van der Waals surface area contributed by atoms with Crippen molar-refractivity contribution in [1.82, 2.24) is 15.0 Å². The van der Waals surface area contributed by atoms with Gasteiger partial charge in [-0.3, -0.25) is 0 Å². The largest absolute Gasteiger partial charge is 0.478 e. The van der Waals surface area contributed by atoms with Crippen LogP contribution in [0.5, 0.6) is 0 Å². The molecule has 1 N–H and O–H groups in total. The number of hydrogen-bond acceptors (Lipinski definition) is 4. The molecule has 18 heavy (non-hydrogen) atoms. The molecule has 2 heterocycles. The van der Waals surface area contributed by atoms with E-state index in [-0.39, 0.29) is 11.1 Å². The number of hydrogen-bond donors (Lipinski definition) is 1. The number of aromatic carboxylic acids is 1. The maximum absolute atomic E-state index is 11.0. The van der Waals surface area contributed by atoms with Gasteiger partial charge in [-0.1, -0.05) is 5.21 Å². The van der Waals surface area contributed by atoms with Crippen LogP contribution in [0.25, 0.3) is 11.0 Å². The minimum atomic E-state index is -0.947. The molecule has 0 radical (unpaired) electrons. The van der Waals surface area contributed by atoms with Crippen LogP contribution in [0.4, 0.5) is 0 Å². The molecule has 2 aromatic rings. The molecule has 1 saturated heterocycles. The highest BCUT2D eigenvalue weighted by Gasteiger charge is 2.34. The van der Waals surface area contributed by atoms with Crippen LogP contribution in [0, 0.1) is 0 Å². The average Bonchev–Trinajstić information content (AvgIpc) is 2.94. The Balaban J connectivity index is 2.17. The predicted octanol–water partition coefficient (Wildman–Crippen LogP) is 1.26. The summed E-state index contributed by atoms with van der Waals surface area (Å²) in [4.78, 5) is 11.0. The summed E-state index contributed by atoms with van der Waals surface area (Å²) in [7, 11) is 0. The van der Waals surface area contributed by atoms with Gasteiger partial charge in [0.05, 0.1) is 23.2 Å². The number of benzene rings is 1. The molecule has 6 nitrogen and oxygen atoms in total. The fourth-order valence-electron chi connectivity index (χ4n) is 2.27. The van der Waals surface area contributed by atoms with Gasteiger partial charge in [-0.2, -0.15) is 0 Å². The van der Waals surface area contributed by atoms with Crippen molar-refractivity contribution >= 4 is 17.0 Å². The Labute approximate surface area is 103 Å². The summed E-state index contributed by atoms with van der Waals surface area (Å²) in [6.07, 6.45) is 0.850. The van der Waals surface area contributed by atoms with Crippen molar-refractivity contribution in [2.75, 3.05) is 13.2 Å². The summed E-state index contributed by atoms with van der Waals surface area (Å²) in [6.45, 7) is 3.31. The molecule has 3 rings (SSSR count). The molecule has 0 aliphatic carbocycles. The van der Waals surface area contributed by atoms with E-state index in [1.807, 2.05) is 6.92 Å². The summed E-state index contributed by atoms with van der Waals surface area (Å²) in [5.41, 5.74) is 1.44. The number of aromatic nitrogens is 3. The van der Waals surface area contributed by atoms with Gasteiger partial charge < -0.3 is 9.84 Å². The second-order valence-corrected chi connectivity index (χ2v) is 4.81. The number of carboxylic acid groups (broad SMARTS) is 1. The first-order valence-corrected chi connectivity index (χ1v) is 5.77. The molecule has 0 amide bonds. The summed E-state index contributed by atoms with van der Waals surface area (Å²) >= 11 is 0. The molecule has 1 aromatic heterocycles. The van der Waals surface area contributed by atoms with E-state index in [1.54, 1.807) is 16.8 Å². The Kier molecular flexibility index (Phi) is 2.34. The monoisotopic (exact) mass is 247 g/mol. The average molecular weight is 247 g/mol. The molecular weight excluding hydrogens is 234 g/mol. The molecular formula is C12H13N3O3. The van der Waals surface area contributed by atoms with Crippen LogP contribution < -0.4 is 0 Å². The number of rotatable bonds is 2. The summed E-state index contributed by atoms with van der Waals surface area (Å²) in [6, 6.07) is 4.83. The topological polar surface area (TPSA) is 77.2 Å².